The highest BCUT2D eigenvalue weighted by molar-refractivity contribution is 6.11. The van der Waals surface area contributed by atoms with Crippen molar-refractivity contribution in [2.24, 2.45) is 10.7 Å². The Kier molecular flexibility index (Phi) is 7.71. The van der Waals surface area contributed by atoms with Gasteiger partial charge in [-0.1, -0.05) is 6.07 Å². The van der Waals surface area contributed by atoms with E-state index in [0.717, 1.165) is 24.4 Å². The molecular weight excluding hydrogens is 492 g/mol. The van der Waals surface area contributed by atoms with E-state index in [2.05, 4.69) is 30.5 Å². The highest BCUT2D eigenvalue weighted by Gasteiger charge is 2.32. The van der Waals surface area contributed by atoms with Gasteiger partial charge in [0.25, 0.3) is 0 Å². The zero-order valence-corrected chi connectivity index (χ0v) is 20.0. The van der Waals surface area contributed by atoms with E-state index < -0.39 is 35.6 Å². The summed E-state index contributed by atoms with van der Waals surface area (Å²) in [6, 6.07) is 7.22. The van der Waals surface area contributed by atoms with Gasteiger partial charge in [0.1, 0.15) is 22.9 Å². The number of aryl methyl sites for hydroxylation is 1. The largest absolute Gasteiger partial charge is 0.433 e. The maximum Gasteiger partial charge on any atom is 0.433 e. The first-order valence-electron chi connectivity index (χ1n) is 10.8. The highest BCUT2D eigenvalue weighted by Crippen LogP contribution is 2.29. The quantitative estimate of drug-likeness (QED) is 0.321. The molecule has 0 aliphatic heterocycles. The minimum atomic E-state index is -4.66. The number of allylic oxidation sites excluding steroid dienone is 1. The first-order valence-corrected chi connectivity index (χ1v) is 10.8. The van der Waals surface area contributed by atoms with Gasteiger partial charge in [-0.2, -0.15) is 23.5 Å². The molecule has 0 spiro atoms. The molecule has 4 N–H and O–H groups in total. The van der Waals surface area contributed by atoms with Crippen LogP contribution in [0.4, 0.5) is 23.2 Å². The Balaban J connectivity index is 1.82. The summed E-state index contributed by atoms with van der Waals surface area (Å²) in [5.74, 6) is -0.636. The van der Waals surface area contributed by atoms with E-state index in [1.807, 2.05) is 6.07 Å². The van der Waals surface area contributed by atoms with Gasteiger partial charge in [-0.3, -0.25) is 14.9 Å². The molecule has 2 heterocycles. The lowest BCUT2D eigenvalue weighted by molar-refractivity contribution is -0.141. The number of benzene rings is 1. The number of carbonyl (C=O) groups is 1. The third kappa shape index (κ3) is 6.54. The van der Waals surface area contributed by atoms with Gasteiger partial charge in [-0.15, -0.1) is 0 Å². The molecule has 0 saturated heterocycles. The molecule has 37 heavy (non-hydrogen) atoms. The first-order chi connectivity index (χ1) is 17.3. The van der Waals surface area contributed by atoms with Crippen molar-refractivity contribution < 1.29 is 22.4 Å². The zero-order chi connectivity index (χ0) is 27.4. The van der Waals surface area contributed by atoms with Crippen LogP contribution in [0.25, 0.3) is 5.57 Å². The Labute approximate surface area is 209 Å². The van der Waals surface area contributed by atoms with Crippen molar-refractivity contribution >= 4 is 23.4 Å². The first kappa shape index (κ1) is 27.0. The minimum absolute atomic E-state index is 0.0698. The standard InChI is InChI=1S/C24H22F4N8O/c1-13-32-22(36-35-13)23(2,3)31-12-15(11-30)21-14(10-29)7-17(8-18(21)25)34-20(37)9-16-5-4-6-19(33-16)24(26,27)28/h4-8,11-12H,9,30H2,1-3H3,(H,34,37)(H,32,35,36)/b15-11+,31-12?. The van der Waals surface area contributed by atoms with Crippen LogP contribution in [-0.2, 0) is 22.9 Å². The van der Waals surface area contributed by atoms with Crippen molar-refractivity contribution in [3.63, 3.8) is 0 Å². The van der Waals surface area contributed by atoms with Gasteiger partial charge in [0.2, 0.25) is 5.91 Å². The average molecular weight is 514 g/mol. The van der Waals surface area contributed by atoms with E-state index in [1.54, 1.807) is 20.8 Å². The second-order valence-corrected chi connectivity index (χ2v) is 8.41. The lowest BCUT2D eigenvalue weighted by Crippen LogP contribution is -2.18. The van der Waals surface area contributed by atoms with E-state index >= 15 is 4.39 Å². The molecule has 0 saturated carbocycles. The number of aliphatic imine (C=N–C) groups is 1. The van der Waals surface area contributed by atoms with Crippen LogP contribution >= 0.6 is 0 Å². The number of pyridine rings is 1. The molecule has 9 nitrogen and oxygen atoms in total. The van der Waals surface area contributed by atoms with E-state index in [0.29, 0.717) is 11.6 Å². The lowest BCUT2D eigenvalue weighted by atomic mass is 9.99. The summed E-state index contributed by atoms with van der Waals surface area (Å²) in [7, 11) is 0. The minimum Gasteiger partial charge on any atom is -0.404 e. The molecule has 0 bridgehead atoms. The fourth-order valence-electron chi connectivity index (χ4n) is 3.26. The molecule has 0 atom stereocenters. The fraction of sp³-hybridized carbons (Fsp3) is 0.250. The SMILES string of the molecule is Cc1nc(C(C)(C)N=C/C(=C\N)c2c(F)cc(NC(=O)Cc3cccc(C(F)(F)F)n3)cc2C#N)n[nH]1. The zero-order valence-electron chi connectivity index (χ0n) is 20.0. The molecule has 13 heteroatoms. The van der Waals surface area contributed by atoms with Crippen molar-refractivity contribution in [1.29, 1.82) is 5.26 Å². The van der Waals surface area contributed by atoms with Gasteiger partial charge >= 0.3 is 6.18 Å². The number of hydrogen-bond donors (Lipinski definition) is 3. The number of aromatic amines is 1. The number of nitrogens with zero attached hydrogens (tertiary/aromatic N) is 5. The predicted molar refractivity (Wildman–Crippen MR) is 127 cm³/mol. The molecule has 0 aliphatic rings. The number of rotatable bonds is 7. The molecule has 3 aromatic rings. The van der Waals surface area contributed by atoms with Crippen molar-refractivity contribution in [1.82, 2.24) is 20.2 Å². The summed E-state index contributed by atoms with van der Waals surface area (Å²) < 4.78 is 53.7. The normalized spacial score (nSPS) is 12.5. The Morgan fingerprint density at radius 2 is 2.00 bits per heavy atom. The summed E-state index contributed by atoms with van der Waals surface area (Å²) in [5.41, 5.74) is 3.27. The molecule has 1 amide bonds. The maximum absolute atomic E-state index is 15.1. The number of halogens is 4. The van der Waals surface area contributed by atoms with Crippen LogP contribution in [-0.4, -0.2) is 32.3 Å². The monoisotopic (exact) mass is 514 g/mol. The predicted octanol–water partition coefficient (Wildman–Crippen LogP) is 4.02. The van der Waals surface area contributed by atoms with E-state index in [4.69, 9.17) is 5.73 Å². The molecule has 1 aromatic carbocycles. The van der Waals surface area contributed by atoms with Gasteiger partial charge in [0.15, 0.2) is 5.82 Å². The van der Waals surface area contributed by atoms with E-state index in [9.17, 15) is 23.2 Å². The number of anilines is 1. The number of nitrogens with two attached hydrogens (primary N) is 1. The fourth-order valence-corrected chi connectivity index (χ4v) is 3.26. The van der Waals surface area contributed by atoms with E-state index in [1.165, 1.54) is 18.3 Å². The van der Waals surface area contributed by atoms with Gasteiger partial charge < -0.3 is 11.1 Å². The molecule has 3 rings (SSSR count). The van der Waals surface area contributed by atoms with Gasteiger partial charge in [-0.05, 0) is 45.0 Å². The van der Waals surface area contributed by atoms with Crippen LogP contribution < -0.4 is 11.1 Å². The van der Waals surface area contributed by atoms with Crippen molar-refractivity contribution in [2.75, 3.05) is 5.32 Å². The topological polar surface area (TPSA) is 146 Å². The van der Waals surface area contributed by atoms with Crippen LogP contribution in [0.5, 0.6) is 0 Å². The molecule has 0 radical (unpaired) electrons. The number of nitriles is 1. The number of hydrogen-bond acceptors (Lipinski definition) is 7. The third-order valence-corrected chi connectivity index (χ3v) is 5.07. The molecular formula is C24H22F4N8O. The highest BCUT2D eigenvalue weighted by atomic mass is 19.4. The van der Waals surface area contributed by atoms with Crippen LogP contribution in [0.15, 0.2) is 41.5 Å². The van der Waals surface area contributed by atoms with Crippen molar-refractivity contribution in [3.05, 3.63) is 76.5 Å². The van der Waals surface area contributed by atoms with Crippen LogP contribution in [0.3, 0.4) is 0 Å². The molecule has 0 unspecified atom stereocenters. The summed E-state index contributed by atoms with van der Waals surface area (Å²) >= 11 is 0. The Morgan fingerprint density at radius 1 is 1.27 bits per heavy atom. The number of H-pyrrole nitrogens is 1. The summed E-state index contributed by atoms with van der Waals surface area (Å²) in [4.78, 5) is 24.4. The maximum atomic E-state index is 15.1. The van der Waals surface area contributed by atoms with Crippen molar-refractivity contribution in [2.45, 2.75) is 38.9 Å². The second kappa shape index (κ2) is 10.6. The second-order valence-electron chi connectivity index (χ2n) is 8.41. The number of nitrogens with one attached hydrogen (secondary N) is 2. The molecule has 0 fully saturated rings. The molecule has 192 valence electrons. The molecule has 0 aliphatic carbocycles. The van der Waals surface area contributed by atoms with E-state index in [-0.39, 0.29) is 28.1 Å². The number of alkyl halides is 3. The van der Waals surface area contributed by atoms with Gasteiger partial charge in [-0.25, -0.2) is 14.4 Å². The van der Waals surface area contributed by atoms with Gasteiger partial charge in [0.05, 0.1) is 23.7 Å². The average Bonchev–Trinajstić information content (AvgIpc) is 3.27. The summed E-state index contributed by atoms with van der Waals surface area (Å²) in [6.07, 6.45) is -2.78. The summed E-state index contributed by atoms with van der Waals surface area (Å²) in [6.45, 7) is 5.20. The Bertz CT molecular complexity index is 1420. The van der Waals surface area contributed by atoms with Gasteiger partial charge in [0, 0.05) is 29.2 Å². The van der Waals surface area contributed by atoms with Crippen LogP contribution in [0, 0.1) is 24.1 Å². The smallest absolute Gasteiger partial charge is 0.404 e. The number of amides is 1. The number of aromatic nitrogens is 4. The third-order valence-electron chi connectivity index (χ3n) is 5.07. The van der Waals surface area contributed by atoms with Crippen molar-refractivity contribution in [3.8, 4) is 6.07 Å². The van der Waals surface area contributed by atoms with Crippen LogP contribution in [0.1, 0.15) is 48.0 Å². The lowest BCUT2D eigenvalue weighted by Gasteiger charge is -2.16. The number of carbonyl (C=O) groups excluding carboxylic acids is 1. The van der Waals surface area contributed by atoms with Crippen LogP contribution in [0.2, 0.25) is 0 Å². The Hall–Kier alpha value is -4.60. The summed E-state index contributed by atoms with van der Waals surface area (Å²) in [5, 5.41) is 18.8. The Morgan fingerprint density at radius 3 is 2.59 bits per heavy atom. The molecule has 2 aromatic heterocycles.